The fourth-order valence-electron chi connectivity index (χ4n) is 1.84. The van der Waals surface area contributed by atoms with Gasteiger partial charge >= 0.3 is 24.6 Å². The number of benzene rings is 2. The minimum atomic E-state index is -4.96. The Morgan fingerprint density at radius 1 is 0.815 bits per heavy atom. The number of halogens is 2. The van der Waals surface area contributed by atoms with Gasteiger partial charge in [0.1, 0.15) is 0 Å². The third-order valence-corrected chi connectivity index (χ3v) is 7.00. The Kier molecular flexibility index (Phi) is 7.12. The average Bonchev–Trinajstić information content (AvgIpc) is 2.60. The summed E-state index contributed by atoms with van der Waals surface area (Å²) in [6.45, 7) is -1.14. The Bertz CT molecular complexity index is 1020. The molecule has 2 aromatic rings. The zero-order valence-electron chi connectivity index (χ0n) is 13.4. The van der Waals surface area contributed by atoms with Crippen molar-refractivity contribution in [1.29, 1.82) is 0 Å². The lowest BCUT2D eigenvalue weighted by atomic mass is 10.2. The van der Waals surface area contributed by atoms with E-state index in [1.165, 1.54) is 24.3 Å². The molecular formula is C15H12Cl2N2O6S2. The van der Waals surface area contributed by atoms with Crippen LogP contribution in [0.1, 0.15) is 11.1 Å². The summed E-state index contributed by atoms with van der Waals surface area (Å²) in [6, 6.07) is 12.4. The maximum atomic E-state index is 12.1. The summed E-state index contributed by atoms with van der Waals surface area (Å²) in [5.41, 5.74) is 9.49. The molecule has 0 aliphatic carbocycles. The van der Waals surface area contributed by atoms with Crippen molar-refractivity contribution in [2.45, 2.75) is 13.2 Å². The molecule has 0 aliphatic rings. The lowest BCUT2D eigenvalue weighted by molar-refractivity contribution is 0.00170. The van der Waals surface area contributed by atoms with Crippen LogP contribution in [-0.2, 0) is 41.8 Å². The van der Waals surface area contributed by atoms with Crippen LogP contribution in [0.25, 0.3) is 5.53 Å². The molecule has 144 valence electrons. The molecular weight excluding hydrogens is 439 g/mol. The first kappa shape index (κ1) is 21.5. The first-order valence-corrected chi connectivity index (χ1v) is 10.7. The van der Waals surface area contributed by atoms with E-state index in [4.69, 9.17) is 28.7 Å². The van der Waals surface area contributed by atoms with Crippen LogP contribution < -0.4 is 0 Å². The van der Waals surface area contributed by atoms with Gasteiger partial charge in [0.15, 0.2) is 0 Å². The van der Waals surface area contributed by atoms with Crippen molar-refractivity contribution in [2.75, 3.05) is 0 Å². The van der Waals surface area contributed by atoms with Gasteiger partial charge in [-0.3, -0.25) is 8.37 Å². The molecule has 0 heterocycles. The quantitative estimate of drug-likeness (QED) is 0.219. The van der Waals surface area contributed by atoms with Gasteiger partial charge in [-0.25, -0.2) is 0 Å². The molecule has 0 N–H and O–H groups in total. The van der Waals surface area contributed by atoms with E-state index < -0.39 is 37.8 Å². The molecule has 0 radical (unpaired) electrons. The Morgan fingerprint density at radius 3 is 1.52 bits per heavy atom. The maximum absolute atomic E-state index is 12.1. The Hall–Kier alpha value is -1.78. The van der Waals surface area contributed by atoms with Crippen LogP contribution in [0.5, 0.6) is 0 Å². The van der Waals surface area contributed by atoms with Crippen molar-refractivity contribution in [1.82, 2.24) is 0 Å². The number of rotatable bonds is 6. The van der Waals surface area contributed by atoms with E-state index in [0.29, 0.717) is 0 Å². The molecule has 0 saturated heterocycles. The average molecular weight is 451 g/mol. The summed E-state index contributed by atoms with van der Waals surface area (Å²) in [5, 5.41) is 0.432. The van der Waals surface area contributed by atoms with Gasteiger partial charge in [0.05, 0.1) is 13.2 Å². The molecule has 0 amide bonds. The lowest BCUT2D eigenvalue weighted by Crippen LogP contribution is -2.29. The minimum Gasteiger partial charge on any atom is -0.359 e. The molecule has 0 bridgehead atoms. The van der Waals surface area contributed by atoms with Crippen molar-refractivity contribution in [3.8, 4) is 0 Å². The first-order chi connectivity index (χ1) is 12.7. The first-order valence-electron chi connectivity index (χ1n) is 7.15. The summed E-state index contributed by atoms with van der Waals surface area (Å²) < 4.78 is 56.1. The SMILES string of the molecule is [N-]=[N+]=C(S(=O)(=O)OCc1ccccc1Cl)S(=O)(=O)OCc1ccccc1Cl. The van der Waals surface area contributed by atoms with Gasteiger partial charge in [-0.15, -0.1) is 4.79 Å². The van der Waals surface area contributed by atoms with E-state index in [1.807, 2.05) is 0 Å². The summed E-state index contributed by atoms with van der Waals surface area (Å²) in [4.78, 5) is 2.33. The van der Waals surface area contributed by atoms with Crippen LogP contribution in [0.4, 0.5) is 0 Å². The largest absolute Gasteiger partial charge is 0.546 e. The van der Waals surface area contributed by atoms with Gasteiger partial charge in [0.25, 0.3) is 0 Å². The summed E-state index contributed by atoms with van der Waals surface area (Å²) >= 11 is 11.8. The fourth-order valence-corrected chi connectivity index (χ4v) is 4.47. The van der Waals surface area contributed by atoms with Crippen molar-refractivity contribution >= 4 is 47.8 Å². The van der Waals surface area contributed by atoms with Gasteiger partial charge in [0.2, 0.25) is 0 Å². The Labute approximate surface area is 166 Å². The molecule has 12 heteroatoms. The molecule has 8 nitrogen and oxygen atoms in total. The zero-order chi connectivity index (χ0) is 20.1. The highest BCUT2D eigenvalue weighted by Gasteiger charge is 2.44. The second-order valence-electron chi connectivity index (χ2n) is 4.98. The molecule has 0 spiro atoms. The van der Waals surface area contributed by atoms with Crippen LogP contribution in [-0.4, -0.2) is 26.0 Å². The van der Waals surface area contributed by atoms with Gasteiger partial charge in [-0.05, 0) is 23.3 Å². The van der Waals surface area contributed by atoms with Crippen LogP contribution >= 0.6 is 23.2 Å². The topological polar surface area (TPSA) is 123 Å². The van der Waals surface area contributed by atoms with E-state index in [2.05, 4.69) is 13.2 Å². The van der Waals surface area contributed by atoms with Crippen LogP contribution in [0.3, 0.4) is 0 Å². The molecule has 27 heavy (non-hydrogen) atoms. The van der Waals surface area contributed by atoms with Gasteiger partial charge in [-0.2, -0.15) is 16.8 Å². The monoisotopic (exact) mass is 450 g/mol. The van der Waals surface area contributed by atoms with Crippen molar-refractivity contribution in [2.24, 2.45) is 0 Å². The molecule has 0 saturated carbocycles. The van der Waals surface area contributed by atoms with Crippen molar-refractivity contribution in [3.05, 3.63) is 75.2 Å². The highest BCUT2D eigenvalue weighted by Crippen LogP contribution is 2.19. The van der Waals surface area contributed by atoms with Gasteiger partial charge in [-0.1, -0.05) is 59.6 Å². The number of nitrogens with zero attached hydrogens (tertiary/aromatic N) is 2. The van der Waals surface area contributed by atoms with Gasteiger partial charge in [0, 0.05) is 10.0 Å². The third-order valence-electron chi connectivity index (χ3n) is 3.16. The van der Waals surface area contributed by atoms with E-state index in [-0.39, 0.29) is 21.2 Å². The van der Waals surface area contributed by atoms with E-state index in [1.54, 1.807) is 24.3 Å². The van der Waals surface area contributed by atoms with E-state index >= 15 is 0 Å². The lowest BCUT2D eigenvalue weighted by Gasteiger charge is -2.06. The summed E-state index contributed by atoms with van der Waals surface area (Å²) in [5.74, 6) is 0. The molecule has 2 rings (SSSR count). The highest BCUT2D eigenvalue weighted by molar-refractivity contribution is 8.27. The predicted molar refractivity (Wildman–Crippen MR) is 98.9 cm³/mol. The molecule has 0 aliphatic heterocycles. The molecule has 0 unspecified atom stereocenters. The van der Waals surface area contributed by atoms with E-state index in [0.717, 1.165) is 0 Å². The van der Waals surface area contributed by atoms with Crippen LogP contribution in [0, 0.1) is 0 Å². The smallest absolute Gasteiger partial charge is 0.359 e. The summed E-state index contributed by atoms with van der Waals surface area (Å²) in [7, 11) is -9.93. The summed E-state index contributed by atoms with van der Waals surface area (Å²) in [6.07, 6.45) is 0. The zero-order valence-corrected chi connectivity index (χ0v) is 16.6. The fraction of sp³-hybridized carbons (Fsp3) is 0.133. The predicted octanol–water partition coefficient (Wildman–Crippen LogP) is 2.97. The van der Waals surface area contributed by atoms with E-state index in [9.17, 15) is 16.8 Å². The minimum absolute atomic E-state index is 0.216. The number of hydrogen-bond donors (Lipinski definition) is 0. The maximum Gasteiger partial charge on any atom is 0.546 e. The van der Waals surface area contributed by atoms with Crippen molar-refractivity contribution in [3.63, 3.8) is 0 Å². The standard InChI is InChI=1S/C15H12Cl2N2O6S2/c16-13-7-3-1-5-11(13)9-24-26(20,21)15(19-18)27(22,23)25-10-12-6-2-4-8-14(12)17/h1-8H,9-10H2. The van der Waals surface area contributed by atoms with Crippen molar-refractivity contribution < 1.29 is 30.0 Å². The van der Waals surface area contributed by atoms with Gasteiger partial charge < -0.3 is 5.53 Å². The Balaban J connectivity index is 2.17. The third kappa shape index (κ3) is 5.60. The molecule has 0 atom stereocenters. The van der Waals surface area contributed by atoms with Crippen LogP contribution in [0.2, 0.25) is 10.0 Å². The van der Waals surface area contributed by atoms with Crippen LogP contribution in [0.15, 0.2) is 48.5 Å². The normalized spacial score (nSPS) is 11.8. The highest BCUT2D eigenvalue weighted by atomic mass is 35.5. The second-order valence-corrected chi connectivity index (χ2v) is 9.12. The molecule has 0 fully saturated rings. The molecule has 0 aromatic heterocycles. The Morgan fingerprint density at radius 2 is 1.19 bits per heavy atom. The number of hydrogen-bond acceptors (Lipinski definition) is 6. The second kappa shape index (κ2) is 8.94. The molecule has 2 aromatic carbocycles.